The zero-order chi connectivity index (χ0) is 11.9. The Labute approximate surface area is 89.7 Å². The minimum atomic E-state index is -4.36. The quantitative estimate of drug-likeness (QED) is 0.773. The van der Waals surface area contributed by atoms with Crippen LogP contribution in [0.15, 0.2) is 24.4 Å². The van der Waals surface area contributed by atoms with Crippen molar-refractivity contribution in [1.82, 2.24) is 4.98 Å². The van der Waals surface area contributed by atoms with Gasteiger partial charge in [-0.25, -0.2) is 0 Å². The van der Waals surface area contributed by atoms with Crippen molar-refractivity contribution in [3.8, 4) is 0 Å². The van der Waals surface area contributed by atoms with Gasteiger partial charge in [-0.15, -0.1) is 0 Å². The lowest BCUT2D eigenvalue weighted by Crippen LogP contribution is -2.04. The largest absolute Gasteiger partial charge is 0.416 e. The van der Waals surface area contributed by atoms with Gasteiger partial charge in [0.25, 0.3) is 0 Å². The first-order chi connectivity index (χ1) is 7.39. The predicted molar refractivity (Wildman–Crippen MR) is 53.9 cm³/mol. The van der Waals surface area contributed by atoms with Crippen LogP contribution >= 0.6 is 0 Å². The summed E-state index contributed by atoms with van der Waals surface area (Å²) in [7, 11) is 0. The molecule has 16 heavy (non-hydrogen) atoms. The Balaban J connectivity index is 2.63. The maximum absolute atomic E-state index is 12.5. The lowest BCUT2D eigenvalue weighted by atomic mass is 10.1. The van der Waals surface area contributed by atoms with Crippen molar-refractivity contribution in [2.75, 3.05) is 0 Å². The fourth-order valence-corrected chi connectivity index (χ4v) is 1.66. The fourth-order valence-electron chi connectivity index (χ4n) is 1.66. The summed E-state index contributed by atoms with van der Waals surface area (Å²) in [4.78, 5) is 2.82. The van der Waals surface area contributed by atoms with Gasteiger partial charge in [0.15, 0.2) is 0 Å². The molecule has 86 valence electrons. The van der Waals surface area contributed by atoms with E-state index in [1.807, 2.05) is 0 Å². The van der Waals surface area contributed by atoms with Crippen LogP contribution in [0.4, 0.5) is 13.2 Å². The summed E-state index contributed by atoms with van der Waals surface area (Å²) in [5, 5.41) is 9.81. The number of aliphatic hydroxyl groups excluding tert-OH is 1. The van der Waals surface area contributed by atoms with E-state index in [9.17, 15) is 18.3 Å². The number of benzene rings is 1. The van der Waals surface area contributed by atoms with E-state index in [0.29, 0.717) is 16.5 Å². The molecule has 0 spiro atoms. The first-order valence-corrected chi connectivity index (χ1v) is 4.76. The summed E-state index contributed by atoms with van der Waals surface area (Å²) in [6.07, 6.45) is -3.63. The number of halogens is 3. The number of alkyl halides is 3. The normalized spacial score (nSPS) is 14.3. The Hall–Kier alpha value is -1.49. The Morgan fingerprint density at radius 3 is 2.56 bits per heavy atom. The molecule has 5 heteroatoms. The molecule has 2 rings (SSSR count). The molecule has 0 radical (unpaired) electrons. The summed E-state index contributed by atoms with van der Waals surface area (Å²) in [5.41, 5.74) is 0.353. The van der Waals surface area contributed by atoms with Gasteiger partial charge in [0, 0.05) is 22.7 Å². The first-order valence-electron chi connectivity index (χ1n) is 4.76. The van der Waals surface area contributed by atoms with Crippen molar-refractivity contribution in [3.63, 3.8) is 0 Å². The third-order valence-electron chi connectivity index (χ3n) is 2.49. The molecule has 1 aromatic carbocycles. The molecule has 1 aromatic heterocycles. The highest BCUT2D eigenvalue weighted by molar-refractivity contribution is 5.84. The van der Waals surface area contributed by atoms with Gasteiger partial charge in [0.05, 0.1) is 11.7 Å². The van der Waals surface area contributed by atoms with E-state index in [2.05, 4.69) is 4.98 Å². The van der Waals surface area contributed by atoms with E-state index in [-0.39, 0.29) is 0 Å². The number of rotatable bonds is 1. The van der Waals surface area contributed by atoms with Gasteiger partial charge in [-0.2, -0.15) is 13.2 Å². The molecular formula is C11H10F3NO. The van der Waals surface area contributed by atoms with Gasteiger partial charge < -0.3 is 10.1 Å². The first kappa shape index (κ1) is 11.0. The molecule has 0 amide bonds. The van der Waals surface area contributed by atoms with E-state index >= 15 is 0 Å². The Kier molecular flexibility index (Phi) is 2.42. The minimum Gasteiger partial charge on any atom is -0.389 e. The molecule has 1 heterocycles. The highest BCUT2D eigenvalue weighted by Crippen LogP contribution is 2.33. The summed E-state index contributed by atoms with van der Waals surface area (Å²) < 4.78 is 37.4. The topological polar surface area (TPSA) is 36.0 Å². The maximum Gasteiger partial charge on any atom is 0.416 e. The van der Waals surface area contributed by atoms with Gasteiger partial charge >= 0.3 is 6.18 Å². The molecule has 0 aliphatic rings. The van der Waals surface area contributed by atoms with Gasteiger partial charge in [-0.1, -0.05) is 0 Å². The Morgan fingerprint density at radius 1 is 1.31 bits per heavy atom. The van der Waals surface area contributed by atoms with E-state index in [1.54, 1.807) is 0 Å². The van der Waals surface area contributed by atoms with Crippen molar-refractivity contribution in [2.45, 2.75) is 19.2 Å². The third-order valence-corrected chi connectivity index (χ3v) is 2.49. The van der Waals surface area contributed by atoms with Crippen LogP contribution in [0.5, 0.6) is 0 Å². The van der Waals surface area contributed by atoms with Crippen molar-refractivity contribution in [2.24, 2.45) is 0 Å². The molecule has 0 fully saturated rings. The molecule has 0 saturated heterocycles. The van der Waals surface area contributed by atoms with Crippen LogP contribution in [-0.2, 0) is 6.18 Å². The Morgan fingerprint density at radius 2 is 2.00 bits per heavy atom. The van der Waals surface area contributed by atoms with Crippen LogP contribution in [0.1, 0.15) is 24.2 Å². The molecule has 1 atom stereocenters. The number of hydrogen-bond donors (Lipinski definition) is 2. The molecule has 0 saturated carbocycles. The smallest absolute Gasteiger partial charge is 0.389 e. The molecular weight excluding hydrogens is 219 g/mol. The van der Waals surface area contributed by atoms with Gasteiger partial charge in [0.1, 0.15) is 0 Å². The van der Waals surface area contributed by atoms with Crippen LogP contribution in [0.2, 0.25) is 0 Å². The van der Waals surface area contributed by atoms with Crippen molar-refractivity contribution >= 4 is 10.9 Å². The second-order valence-corrected chi connectivity index (χ2v) is 3.68. The molecule has 0 aliphatic heterocycles. The zero-order valence-electron chi connectivity index (χ0n) is 8.47. The minimum absolute atomic E-state index is 0.407. The van der Waals surface area contributed by atoms with Crippen LogP contribution < -0.4 is 0 Å². The van der Waals surface area contributed by atoms with Crippen molar-refractivity contribution in [3.05, 3.63) is 35.5 Å². The fraction of sp³-hybridized carbons (Fsp3) is 0.273. The van der Waals surface area contributed by atoms with E-state index < -0.39 is 17.8 Å². The zero-order valence-corrected chi connectivity index (χ0v) is 8.47. The van der Waals surface area contributed by atoms with Crippen molar-refractivity contribution in [1.29, 1.82) is 0 Å². The molecule has 2 N–H and O–H groups in total. The van der Waals surface area contributed by atoms with Crippen LogP contribution in [0.25, 0.3) is 10.9 Å². The third kappa shape index (κ3) is 1.78. The number of aromatic amines is 1. The summed E-state index contributed by atoms with van der Waals surface area (Å²) in [6, 6.07) is 3.43. The molecule has 2 nitrogen and oxygen atoms in total. The predicted octanol–water partition coefficient (Wildman–Crippen LogP) is 3.24. The number of H-pyrrole nitrogens is 1. The van der Waals surface area contributed by atoms with Gasteiger partial charge in [0.2, 0.25) is 0 Å². The highest BCUT2D eigenvalue weighted by Gasteiger charge is 2.30. The number of aromatic nitrogens is 1. The number of aliphatic hydroxyl groups is 1. The molecule has 0 bridgehead atoms. The average molecular weight is 229 g/mol. The average Bonchev–Trinajstić information content (AvgIpc) is 2.58. The van der Waals surface area contributed by atoms with E-state index in [0.717, 1.165) is 12.1 Å². The van der Waals surface area contributed by atoms with Crippen LogP contribution in [-0.4, -0.2) is 10.1 Å². The second-order valence-electron chi connectivity index (χ2n) is 3.68. The lowest BCUT2D eigenvalue weighted by molar-refractivity contribution is -0.137. The highest BCUT2D eigenvalue weighted by atomic mass is 19.4. The monoisotopic (exact) mass is 229 g/mol. The SMILES string of the molecule is CC(O)c1c[nH]c2ccc(C(F)(F)F)cc12. The Bertz CT molecular complexity index is 513. The second kappa shape index (κ2) is 3.52. The number of nitrogens with one attached hydrogen (secondary N) is 1. The van der Waals surface area contributed by atoms with E-state index in [1.165, 1.54) is 19.2 Å². The lowest BCUT2D eigenvalue weighted by Gasteiger charge is -2.07. The van der Waals surface area contributed by atoms with Gasteiger partial charge in [-0.05, 0) is 25.1 Å². The molecule has 1 unspecified atom stereocenters. The summed E-state index contributed by atoms with van der Waals surface area (Å²) in [6.45, 7) is 1.52. The maximum atomic E-state index is 12.5. The molecule has 2 aromatic rings. The number of hydrogen-bond acceptors (Lipinski definition) is 1. The summed E-state index contributed by atoms with van der Waals surface area (Å²) in [5.74, 6) is 0. The van der Waals surface area contributed by atoms with Crippen molar-refractivity contribution < 1.29 is 18.3 Å². The number of fused-ring (bicyclic) bond motifs is 1. The van der Waals surface area contributed by atoms with Crippen LogP contribution in [0.3, 0.4) is 0 Å². The van der Waals surface area contributed by atoms with Crippen LogP contribution in [0, 0.1) is 0 Å². The molecule has 0 aliphatic carbocycles. The van der Waals surface area contributed by atoms with Gasteiger partial charge in [-0.3, -0.25) is 0 Å². The van der Waals surface area contributed by atoms with E-state index in [4.69, 9.17) is 0 Å². The summed E-state index contributed by atoms with van der Waals surface area (Å²) >= 11 is 0. The standard InChI is InChI=1S/C11H10F3NO/c1-6(16)9-5-15-10-3-2-7(4-8(9)10)11(12,13)14/h2-6,15-16H,1H3.